The smallest absolute Gasteiger partial charge is 0.297 e. The van der Waals surface area contributed by atoms with Crippen molar-refractivity contribution in [3.8, 4) is 11.5 Å². The van der Waals surface area contributed by atoms with Crippen LogP contribution in [0.25, 0.3) is 0 Å². The summed E-state index contributed by atoms with van der Waals surface area (Å²) in [5, 5.41) is 13.0. The van der Waals surface area contributed by atoms with Crippen LogP contribution >= 0.6 is 0 Å². The molecular weight excluding hydrogens is 266 g/mol. The number of hydrazine groups is 1. The van der Waals surface area contributed by atoms with Gasteiger partial charge in [-0.25, -0.2) is 5.01 Å². The molecule has 1 saturated heterocycles. The third kappa shape index (κ3) is 3.09. The molecule has 0 amide bonds. The highest BCUT2D eigenvalue weighted by atomic mass is 16.6. The summed E-state index contributed by atoms with van der Waals surface area (Å²) in [6.45, 7) is 2.50. The topological polar surface area (TPSA) is 86.1 Å². The van der Waals surface area contributed by atoms with Crippen molar-refractivity contribution in [3.63, 3.8) is 0 Å². The number of benzene rings is 1. The van der Waals surface area contributed by atoms with Gasteiger partial charge in [-0.1, -0.05) is 0 Å². The van der Waals surface area contributed by atoms with Crippen molar-refractivity contribution < 1.29 is 19.1 Å². The molecule has 1 aromatic rings. The summed E-state index contributed by atoms with van der Waals surface area (Å²) in [4.78, 5) is 10.7. The van der Waals surface area contributed by atoms with E-state index in [0.717, 1.165) is 0 Å². The van der Waals surface area contributed by atoms with Gasteiger partial charge < -0.3 is 19.6 Å². The Labute approximate surface area is 116 Å². The molecule has 0 spiro atoms. The van der Waals surface area contributed by atoms with Crippen molar-refractivity contribution in [2.45, 2.75) is 0 Å². The van der Waals surface area contributed by atoms with Gasteiger partial charge in [-0.3, -0.25) is 10.1 Å². The Morgan fingerprint density at radius 1 is 1.25 bits per heavy atom. The number of anilines is 1. The van der Waals surface area contributed by atoms with Crippen molar-refractivity contribution in [3.05, 3.63) is 22.2 Å². The SMILES string of the molecule is COc1cc(NN2CCOCC2)c([N+](=O)[O-])cc1OC. The third-order valence-electron chi connectivity index (χ3n) is 2.99. The summed E-state index contributed by atoms with van der Waals surface area (Å²) in [7, 11) is 2.93. The van der Waals surface area contributed by atoms with E-state index in [9.17, 15) is 10.1 Å². The summed E-state index contributed by atoms with van der Waals surface area (Å²) < 4.78 is 15.5. The van der Waals surface area contributed by atoms with E-state index < -0.39 is 4.92 Å². The van der Waals surface area contributed by atoms with Gasteiger partial charge >= 0.3 is 0 Å². The van der Waals surface area contributed by atoms with E-state index in [1.165, 1.54) is 20.3 Å². The van der Waals surface area contributed by atoms with Crippen LogP contribution in [-0.4, -0.2) is 50.5 Å². The zero-order chi connectivity index (χ0) is 14.5. The molecule has 1 aliphatic heterocycles. The molecule has 1 fully saturated rings. The first-order valence-electron chi connectivity index (χ1n) is 6.15. The van der Waals surface area contributed by atoms with Gasteiger partial charge in [0.2, 0.25) is 0 Å². The Morgan fingerprint density at radius 2 is 1.85 bits per heavy atom. The van der Waals surface area contributed by atoms with Gasteiger partial charge in [-0.15, -0.1) is 0 Å². The number of rotatable bonds is 5. The fourth-order valence-corrected chi connectivity index (χ4v) is 1.95. The maximum absolute atomic E-state index is 11.2. The van der Waals surface area contributed by atoms with E-state index in [4.69, 9.17) is 14.2 Å². The molecule has 2 rings (SSSR count). The van der Waals surface area contributed by atoms with Crippen molar-refractivity contribution in [1.29, 1.82) is 0 Å². The van der Waals surface area contributed by atoms with E-state index in [0.29, 0.717) is 43.5 Å². The van der Waals surface area contributed by atoms with Crippen molar-refractivity contribution in [2.24, 2.45) is 0 Å². The number of morpholine rings is 1. The second kappa shape index (κ2) is 6.40. The predicted octanol–water partition coefficient (Wildman–Crippen LogP) is 1.27. The van der Waals surface area contributed by atoms with Crippen molar-refractivity contribution in [1.82, 2.24) is 5.01 Å². The molecule has 1 N–H and O–H groups in total. The minimum atomic E-state index is -0.454. The summed E-state index contributed by atoms with van der Waals surface area (Å²) in [6, 6.07) is 2.91. The molecule has 0 aliphatic carbocycles. The molecule has 8 nitrogen and oxygen atoms in total. The lowest BCUT2D eigenvalue weighted by atomic mass is 10.2. The number of nitro groups is 1. The molecule has 1 aliphatic rings. The molecule has 20 heavy (non-hydrogen) atoms. The van der Waals surface area contributed by atoms with Gasteiger partial charge in [0.1, 0.15) is 5.69 Å². The van der Waals surface area contributed by atoms with Crippen LogP contribution < -0.4 is 14.9 Å². The Morgan fingerprint density at radius 3 is 2.40 bits per heavy atom. The number of ether oxygens (including phenoxy) is 3. The van der Waals surface area contributed by atoms with Crippen LogP contribution in [0.4, 0.5) is 11.4 Å². The molecule has 0 unspecified atom stereocenters. The number of methoxy groups -OCH3 is 2. The van der Waals surface area contributed by atoms with Gasteiger partial charge in [-0.05, 0) is 0 Å². The molecule has 0 saturated carbocycles. The Hall–Kier alpha value is -2.06. The quantitative estimate of drug-likeness (QED) is 0.643. The van der Waals surface area contributed by atoms with Gasteiger partial charge in [0, 0.05) is 19.2 Å². The van der Waals surface area contributed by atoms with Crippen LogP contribution in [0.15, 0.2) is 12.1 Å². The Bertz CT molecular complexity index is 488. The van der Waals surface area contributed by atoms with Gasteiger partial charge in [0.15, 0.2) is 11.5 Å². The predicted molar refractivity (Wildman–Crippen MR) is 72.2 cm³/mol. The first kappa shape index (κ1) is 14.4. The second-order valence-corrected chi connectivity index (χ2v) is 4.19. The summed E-state index contributed by atoms with van der Waals surface area (Å²) >= 11 is 0. The largest absolute Gasteiger partial charge is 0.493 e. The normalized spacial score (nSPS) is 15.7. The highest BCUT2D eigenvalue weighted by Crippen LogP contribution is 2.37. The molecule has 0 aromatic heterocycles. The van der Waals surface area contributed by atoms with Crippen molar-refractivity contribution >= 4 is 11.4 Å². The minimum Gasteiger partial charge on any atom is -0.493 e. The van der Waals surface area contributed by atoms with Gasteiger partial charge in [0.25, 0.3) is 5.69 Å². The highest BCUT2D eigenvalue weighted by Gasteiger charge is 2.21. The third-order valence-corrected chi connectivity index (χ3v) is 2.99. The monoisotopic (exact) mass is 283 g/mol. The van der Waals surface area contributed by atoms with E-state index in [-0.39, 0.29) is 5.69 Å². The Balaban J connectivity index is 2.30. The fourth-order valence-electron chi connectivity index (χ4n) is 1.95. The number of hydrogen-bond acceptors (Lipinski definition) is 7. The van der Waals surface area contributed by atoms with Crippen LogP contribution in [-0.2, 0) is 4.74 Å². The zero-order valence-electron chi connectivity index (χ0n) is 11.4. The van der Waals surface area contributed by atoms with E-state index in [2.05, 4.69) is 5.43 Å². The summed E-state index contributed by atoms with van der Waals surface area (Å²) in [6.07, 6.45) is 0. The summed E-state index contributed by atoms with van der Waals surface area (Å²) in [5.74, 6) is 0.764. The van der Waals surface area contributed by atoms with Crippen LogP contribution in [0.3, 0.4) is 0 Å². The standard InChI is InChI=1S/C12H17N3O5/c1-18-11-7-9(13-14-3-5-20-6-4-14)10(15(16)17)8-12(11)19-2/h7-8,13H,3-6H2,1-2H3. The van der Waals surface area contributed by atoms with E-state index >= 15 is 0 Å². The average Bonchev–Trinajstić information content (AvgIpc) is 2.47. The van der Waals surface area contributed by atoms with E-state index in [1.807, 2.05) is 5.01 Å². The molecule has 8 heteroatoms. The van der Waals surface area contributed by atoms with Crippen LogP contribution in [0.1, 0.15) is 0 Å². The lowest BCUT2D eigenvalue weighted by Crippen LogP contribution is -2.40. The molecule has 0 atom stereocenters. The number of hydrogen-bond donors (Lipinski definition) is 1. The van der Waals surface area contributed by atoms with Crippen LogP contribution in [0.2, 0.25) is 0 Å². The lowest BCUT2D eigenvalue weighted by Gasteiger charge is -2.28. The molecule has 0 bridgehead atoms. The average molecular weight is 283 g/mol. The van der Waals surface area contributed by atoms with Crippen LogP contribution in [0.5, 0.6) is 11.5 Å². The van der Waals surface area contributed by atoms with Crippen LogP contribution in [0, 0.1) is 10.1 Å². The molecular formula is C12H17N3O5. The van der Waals surface area contributed by atoms with Gasteiger partial charge in [0.05, 0.1) is 38.4 Å². The fraction of sp³-hybridized carbons (Fsp3) is 0.500. The van der Waals surface area contributed by atoms with Crippen molar-refractivity contribution in [2.75, 3.05) is 45.9 Å². The van der Waals surface area contributed by atoms with Gasteiger partial charge in [-0.2, -0.15) is 0 Å². The number of nitrogens with zero attached hydrogens (tertiary/aromatic N) is 2. The molecule has 0 radical (unpaired) electrons. The molecule has 1 heterocycles. The molecule has 110 valence electrons. The highest BCUT2D eigenvalue weighted by molar-refractivity contribution is 5.68. The summed E-state index contributed by atoms with van der Waals surface area (Å²) in [5.41, 5.74) is 3.34. The minimum absolute atomic E-state index is 0.0610. The second-order valence-electron chi connectivity index (χ2n) is 4.19. The first-order valence-corrected chi connectivity index (χ1v) is 6.15. The maximum atomic E-state index is 11.2. The lowest BCUT2D eigenvalue weighted by molar-refractivity contribution is -0.384. The zero-order valence-corrected chi connectivity index (χ0v) is 11.4. The Kier molecular flexibility index (Phi) is 4.59. The number of nitrogens with one attached hydrogen (secondary N) is 1. The maximum Gasteiger partial charge on any atom is 0.297 e. The molecule has 1 aromatic carbocycles. The first-order chi connectivity index (χ1) is 9.65. The number of nitro benzene ring substituents is 1. The van der Waals surface area contributed by atoms with E-state index in [1.54, 1.807) is 6.07 Å².